The Balaban J connectivity index is 2.61. The maximum atomic E-state index is 13.2. The van der Waals surface area contributed by atoms with E-state index in [9.17, 15) is 9.18 Å². The van der Waals surface area contributed by atoms with E-state index in [1.54, 1.807) is 6.07 Å². The first-order valence-corrected chi connectivity index (χ1v) is 5.52. The third kappa shape index (κ3) is 2.33. The summed E-state index contributed by atoms with van der Waals surface area (Å²) in [6.45, 7) is 1.81. The van der Waals surface area contributed by atoms with E-state index < -0.39 is 5.97 Å². The number of benzene rings is 1. The molecule has 0 radical (unpaired) electrons. The molecule has 0 fully saturated rings. The average Bonchev–Trinajstić information content (AvgIpc) is 2.33. The fourth-order valence-corrected chi connectivity index (χ4v) is 1.83. The van der Waals surface area contributed by atoms with E-state index >= 15 is 0 Å². The Morgan fingerprint density at radius 3 is 2.78 bits per heavy atom. The van der Waals surface area contributed by atoms with Gasteiger partial charge in [-0.25, -0.2) is 14.2 Å². The van der Waals surface area contributed by atoms with Crippen molar-refractivity contribution in [1.82, 2.24) is 4.98 Å². The first kappa shape index (κ1) is 12.5. The number of aromatic nitrogens is 1. The van der Waals surface area contributed by atoms with Crippen LogP contribution in [0.25, 0.3) is 11.1 Å². The summed E-state index contributed by atoms with van der Waals surface area (Å²) >= 11 is 5.68. The van der Waals surface area contributed by atoms with Crippen LogP contribution in [0.1, 0.15) is 15.9 Å². The Kier molecular flexibility index (Phi) is 3.30. The van der Waals surface area contributed by atoms with Gasteiger partial charge in [0.25, 0.3) is 0 Å². The summed E-state index contributed by atoms with van der Waals surface area (Å²) in [7, 11) is 0. The monoisotopic (exact) mass is 265 g/mol. The minimum Gasteiger partial charge on any atom is -0.478 e. The van der Waals surface area contributed by atoms with Crippen LogP contribution in [0.15, 0.2) is 30.5 Å². The molecule has 0 atom stereocenters. The summed E-state index contributed by atoms with van der Waals surface area (Å²) in [4.78, 5) is 14.8. The van der Waals surface area contributed by atoms with Gasteiger partial charge in [0.15, 0.2) is 0 Å². The molecule has 5 heteroatoms. The van der Waals surface area contributed by atoms with Gasteiger partial charge in [-0.2, -0.15) is 0 Å². The molecule has 0 amide bonds. The Hall–Kier alpha value is -1.94. The van der Waals surface area contributed by atoms with Crippen molar-refractivity contribution in [1.29, 1.82) is 0 Å². The minimum absolute atomic E-state index is 0.0830. The van der Waals surface area contributed by atoms with Crippen LogP contribution in [0.4, 0.5) is 4.39 Å². The number of carboxylic acid groups (broad SMARTS) is 1. The number of halogens is 2. The maximum absolute atomic E-state index is 13.2. The first-order valence-electron chi connectivity index (χ1n) is 5.14. The van der Waals surface area contributed by atoms with Crippen molar-refractivity contribution in [3.05, 3.63) is 52.6 Å². The first-order chi connectivity index (χ1) is 8.49. The number of carbonyl (C=O) groups is 1. The zero-order valence-electron chi connectivity index (χ0n) is 9.45. The molecule has 0 aliphatic carbocycles. The van der Waals surface area contributed by atoms with Crippen LogP contribution < -0.4 is 0 Å². The predicted molar refractivity (Wildman–Crippen MR) is 66.3 cm³/mol. The predicted octanol–water partition coefficient (Wildman–Crippen LogP) is 3.55. The molecular weight excluding hydrogens is 257 g/mol. The van der Waals surface area contributed by atoms with Gasteiger partial charge in [0.2, 0.25) is 0 Å². The van der Waals surface area contributed by atoms with Crippen molar-refractivity contribution >= 4 is 17.6 Å². The second-order valence-electron chi connectivity index (χ2n) is 3.83. The van der Waals surface area contributed by atoms with Gasteiger partial charge in [0.05, 0.1) is 5.56 Å². The SMILES string of the molecule is Cc1ccc(F)cc1-c1cnc(Cl)c(C(=O)O)c1. The summed E-state index contributed by atoms with van der Waals surface area (Å²) in [6.07, 6.45) is 1.43. The molecule has 2 aromatic rings. The number of nitrogens with zero attached hydrogens (tertiary/aromatic N) is 1. The standard InChI is InChI=1S/C13H9ClFNO2/c1-7-2-3-9(15)5-10(7)8-4-11(13(17)18)12(14)16-6-8/h2-6H,1H3,(H,17,18). The fourth-order valence-electron chi connectivity index (χ4n) is 1.65. The second kappa shape index (κ2) is 4.74. The van der Waals surface area contributed by atoms with Crippen molar-refractivity contribution < 1.29 is 14.3 Å². The van der Waals surface area contributed by atoms with Gasteiger partial charge in [-0.15, -0.1) is 0 Å². The Bertz CT molecular complexity index is 628. The van der Waals surface area contributed by atoms with E-state index in [2.05, 4.69) is 4.98 Å². The smallest absolute Gasteiger partial charge is 0.338 e. The molecule has 1 N–H and O–H groups in total. The molecule has 0 saturated heterocycles. The Morgan fingerprint density at radius 1 is 1.39 bits per heavy atom. The highest BCUT2D eigenvalue weighted by atomic mass is 35.5. The summed E-state index contributed by atoms with van der Waals surface area (Å²) in [5.41, 5.74) is 1.85. The quantitative estimate of drug-likeness (QED) is 0.845. The molecule has 0 aliphatic heterocycles. The lowest BCUT2D eigenvalue weighted by atomic mass is 10.0. The zero-order chi connectivity index (χ0) is 13.3. The van der Waals surface area contributed by atoms with Crippen molar-refractivity contribution in [3.63, 3.8) is 0 Å². The third-order valence-electron chi connectivity index (χ3n) is 2.58. The highest BCUT2D eigenvalue weighted by Crippen LogP contribution is 2.26. The van der Waals surface area contributed by atoms with E-state index in [0.717, 1.165) is 5.56 Å². The molecule has 0 spiro atoms. The number of hydrogen-bond acceptors (Lipinski definition) is 2. The highest BCUT2D eigenvalue weighted by molar-refractivity contribution is 6.32. The van der Waals surface area contributed by atoms with E-state index in [1.165, 1.54) is 24.4 Å². The van der Waals surface area contributed by atoms with Gasteiger partial charge in [-0.1, -0.05) is 17.7 Å². The van der Waals surface area contributed by atoms with Gasteiger partial charge < -0.3 is 5.11 Å². The molecule has 2 rings (SSSR count). The van der Waals surface area contributed by atoms with Crippen LogP contribution in [-0.4, -0.2) is 16.1 Å². The molecule has 0 saturated carbocycles. The molecule has 0 aliphatic rings. The number of pyridine rings is 1. The number of aryl methyl sites for hydroxylation is 1. The van der Waals surface area contributed by atoms with Gasteiger partial charge >= 0.3 is 5.97 Å². The normalized spacial score (nSPS) is 10.4. The van der Waals surface area contributed by atoms with Gasteiger partial charge in [-0.3, -0.25) is 0 Å². The Labute approximate surface area is 108 Å². The molecule has 3 nitrogen and oxygen atoms in total. The number of hydrogen-bond donors (Lipinski definition) is 1. The van der Waals surface area contributed by atoms with Gasteiger partial charge in [0.1, 0.15) is 11.0 Å². The van der Waals surface area contributed by atoms with Crippen LogP contribution in [0, 0.1) is 12.7 Å². The molecule has 0 unspecified atom stereocenters. The van der Waals surface area contributed by atoms with Crippen molar-refractivity contribution in [3.8, 4) is 11.1 Å². The molecule has 0 bridgehead atoms. The topological polar surface area (TPSA) is 50.2 Å². The molecule has 1 aromatic heterocycles. The summed E-state index contributed by atoms with van der Waals surface area (Å²) in [5, 5.41) is 8.88. The van der Waals surface area contributed by atoms with E-state index in [0.29, 0.717) is 11.1 Å². The van der Waals surface area contributed by atoms with Gasteiger partial charge in [-0.05, 0) is 36.2 Å². The minimum atomic E-state index is -1.16. The summed E-state index contributed by atoms with van der Waals surface area (Å²) in [6, 6.07) is 5.70. The maximum Gasteiger partial charge on any atom is 0.338 e. The van der Waals surface area contributed by atoms with Crippen LogP contribution >= 0.6 is 11.6 Å². The number of aromatic carboxylic acids is 1. The van der Waals surface area contributed by atoms with Crippen molar-refractivity contribution in [2.24, 2.45) is 0 Å². The molecule has 1 heterocycles. The highest BCUT2D eigenvalue weighted by Gasteiger charge is 2.13. The average molecular weight is 266 g/mol. The van der Waals surface area contributed by atoms with Crippen LogP contribution in [0.3, 0.4) is 0 Å². The Morgan fingerprint density at radius 2 is 2.11 bits per heavy atom. The number of rotatable bonds is 2. The lowest BCUT2D eigenvalue weighted by molar-refractivity contribution is 0.0696. The number of carboxylic acids is 1. The molecule has 18 heavy (non-hydrogen) atoms. The summed E-state index contributed by atoms with van der Waals surface area (Å²) < 4.78 is 13.2. The van der Waals surface area contributed by atoms with Crippen molar-refractivity contribution in [2.45, 2.75) is 6.92 Å². The third-order valence-corrected chi connectivity index (χ3v) is 2.88. The molecule has 92 valence electrons. The van der Waals surface area contributed by atoms with E-state index in [1.807, 2.05) is 6.92 Å². The second-order valence-corrected chi connectivity index (χ2v) is 4.18. The van der Waals surface area contributed by atoms with Crippen LogP contribution in [0.5, 0.6) is 0 Å². The van der Waals surface area contributed by atoms with E-state index in [-0.39, 0.29) is 16.5 Å². The lowest BCUT2D eigenvalue weighted by Crippen LogP contribution is -2.00. The fraction of sp³-hybridized carbons (Fsp3) is 0.0769. The van der Waals surface area contributed by atoms with Crippen LogP contribution in [-0.2, 0) is 0 Å². The molecular formula is C13H9ClFNO2. The summed E-state index contributed by atoms with van der Waals surface area (Å²) in [5.74, 6) is -1.55. The van der Waals surface area contributed by atoms with Gasteiger partial charge in [0, 0.05) is 11.8 Å². The van der Waals surface area contributed by atoms with Crippen molar-refractivity contribution in [2.75, 3.05) is 0 Å². The molecule has 1 aromatic carbocycles. The lowest BCUT2D eigenvalue weighted by Gasteiger charge is -2.07. The van der Waals surface area contributed by atoms with Crippen LogP contribution in [0.2, 0.25) is 5.15 Å². The van der Waals surface area contributed by atoms with E-state index in [4.69, 9.17) is 16.7 Å². The largest absolute Gasteiger partial charge is 0.478 e. The zero-order valence-corrected chi connectivity index (χ0v) is 10.2.